The summed E-state index contributed by atoms with van der Waals surface area (Å²) < 4.78 is 2.79. The number of aliphatic hydroxyl groups is 2. The number of rotatable bonds is 6. The minimum atomic E-state index is -1.85. The van der Waals surface area contributed by atoms with Crippen LogP contribution in [0.25, 0.3) is 11.0 Å². The van der Waals surface area contributed by atoms with Crippen LogP contribution in [0.4, 0.5) is 0 Å². The van der Waals surface area contributed by atoms with Gasteiger partial charge in [0.05, 0.1) is 22.3 Å². The van der Waals surface area contributed by atoms with Gasteiger partial charge >= 0.3 is 5.69 Å². The second-order valence-corrected chi connectivity index (χ2v) is 7.91. The maximum atomic E-state index is 12.9. The van der Waals surface area contributed by atoms with Crippen molar-refractivity contribution in [3.05, 3.63) is 34.2 Å². The Morgan fingerprint density at radius 1 is 1.33 bits per heavy atom. The molecule has 0 saturated carbocycles. The Morgan fingerprint density at radius 2 is 1.97 bits per heavy atom. The molecule has 3 rings (SSSR count). The van der Waals surface area contributed by atoms with Crippen LogP contribution in [0.5, 0.6) is 0 Å². The maximum absolute atomic E-state index is 12.9. The fraction of sp³-hybridized carbons (Fsp3) is 0.526. The number of carbonyl (C=O) groups is 2. The summed E-state index contributed by atoms with van der Waals surface area (Å²) in [6.45, 7) is 0. The van der Waals surface area contributed by atoms with E-state index in [1.165, 1.54) is 16.2 Å². The van der Waals surface area contributed by atoms with Crippen LogP contribution in [0, 0.1) is 0 Å². The number of nitrogens with zero attached hydrogens (tertiary/aromatic N) is 2. The van der Waals surface area contributed by atoms with Gasteiger partial charge in [-0.1, -0.05) is 6.07 Å². The number of fused-ring (bicyclic) bond motifs is 1. The van der Waals surface area contributed by atoms with Crippen molar-refractivity contribution in [2.45, 2.75) is 48.9 Å². The van der Waals surface area contributed by atoms with E-state index in [0.717, 1.165) is 5.56 Å². The van der Waals surface area contributed by atoms with Gasteiger partial charge in [-0.3, -0.25) is 19.2 Å². The molecule has 11 heteroatoms. The van der Waals surface area contributed by atoms with Gasteiger partial charge in [0.15, 0.2) is 0 Å². The van der Waals surface area contributed by atoms with Crippen LogP contribution in [-0.4, -0.2) is 65.5 Å². The van der Waals surface area contributed by atoms with E-state index < -0.39 is 23.0 Å². The number of aryl methyl sites for hydroxylation is 1. The fourth-order valence-electron chi connectivity index (χ4n) is 4.24. The van der Waals surface area contributed by atoms with Crippen molar-refractivity contribution in [3.63, 3.8) is 0 Å². The number of piperidine rings is 1. The van der Waals surface area contributed by atoms with E-state index in [4.69, 9.17) is 15.7 Å². The predicted octanol–water partition coefficient (Wildman–Crippen LogP) is -1.30. The highest BCUT2D eigenvalue weighted by Crippen LogP contribution is 2.36. The van der Waals surface area contributed by atoms with Crippen molar-refractivity contribution in [1.82, 2.24) is 19.8 Å². The van der Waals surface area contributed by atoms with Crippen LogP contribution in [0.3, 0.4) is 0 Å². The zero-order chi connectivity index (χ0) is 22.3. The molecule has 1 aliphatic rings. The molecule has 30 heavy (non-hydrogen) atoms. The molecular formula is C19H24B2N4O5. The Balaban J connectivity index is 2.08. The number of likely N-dealkylation sites (N-methyl/N-ethyl adjacent to an activating group) is 1. The first kappa shape index (κ1) is 22.3. The Labute approximate surface area is 176 Å². The Bertz CT molecular complexity index is 1010. The average Bonchev–Trinajstić information content (AvgIpc) is 2.90. The van der Waals surface area contributed by atoms with Crippen molar-refractivity contribution in [2.24, 2.45) is 7.05 Å². The SMILES string of the molecule is [B]C1(O)CC(c2ccc3c(c2)n(C)c(=O)n3C(CCC=O)C(=O)NC)CC([B])(O)N1. The molecule has 3 atom stereocenters. The molecule has 9 nitrogen and oxygen atoms in total. The smallest absolute Gasteiger partial charge is 0.329 e. The summed E-state index contributed by atoms with van der Waals surface area (Å²) >= 11 is 0. The first-order valence-corrected chi connectivity index (χ1v) is 9.67. The first-order chi connectivity index (χ1) is 14.0. The number of carbonyl (C=O) groups excluding carboxylic acids is 2. The lowest BCUT2D eigenvalue weighted by Crippen LogP contribution is -2.63. The van der Waals surface area contributed by atoms with E-state index in [0.29, 0.717) is 17.3 Å². The van der Waals surface area contributed by atoms with Gasteiger partial charge in [0, 0.05) is 20.5 Å². The Morgan fingerprint density at radius 3 is 2.53 bits per heavy atom. The third kappa shape index (κ3) is 4.23. The molecule has 1 fully saturated rings. The molecular weight excluding hydrogens is 386 g/mol. The lowest BCUT2D eigenvalue weighted by atomic mass is 9.67. The zero-order valence-electron chi connectivity index (χ0n) is 17.0. The fourth-order valence-corrected chi connectivity index (χ4v) is 4.24. The Hall–Kier alpha value is -2.36. The number of nitrogens with one attached hydrogen (secondary N) is 2. The van der Waals surface area contributed by atoms with Crippen molar-refractivity contribution in [2.75, 3.05) is 7.05 Å². The van der Waals surface area contributed by atoms with Gasteiger partial charge < -0.3 is 20.3 Å². The monoisotopic (exact) mass is 410 g/mol. The number of aromatic nitrogens is 2. The van der Waals surface area contributed by atoms with Crippen molar-refractivity contribution >= 4 is 38.9 Å². The molecule has 0 spiro atoms. The molecule has 4 N–H and O–H groups in total. The minimum Gasteiger partial charge on any atom is -0.385 e. The lowest BCUT2D eigenvalue weighted by molar-refractivity contribution is -0.124. The standard InChI is InChI=1S/C19H24B2N4O5/c1-22-16(27)14(4-3-7-26)25-13-6-5-11(8-15(13)24(2)17(25)28)12-9-18(20,29)23-19(21,30)10-12/h5-8,12,14,23,29-30H,3-4,9-10H2,1-2H3,(H,22,27). The molecule has 0 bridgehead atoms. The topological polar surface area (TPSA) is 126 Å². The largest absolute Gasteiger partial charge is 0.385 e. The molecule has 2 heterocycles. The van der Waals surface area contributed by atoms with E-state index in [9.17, 15) is 24.6 Å². The first-order valence-electron chi connectivity index (χ1n) is 9.67. The number of hydrogen-bond acceptors (Lipinski definition) is 6. The molecule has 0 aliphatic carbocycles. The number of hydrogen-bond donors (Lipinski definition) is 4. The summed E-state index contributed by atoms with van der Waals surface area (Å²) in [6.07, 6.45) is 1.25. The van der Waals surface area contributed by atoms with Gasteiger partial charge in [-0.2, -0.15) is 0 Å². The third-order valence-electron chi connectivity index (χ3n) is 5.55. The summed E-state index contributed by atoms with van der Waals surface area (Å²) in [5.74, 6) is -0.737. The second kappa shape index (κ2) is 8.05. The number of benzene rings is 1. The molecule has 2 aromatic rings. The van der Waals surface area contributed by atoms with Crippen LogP contribution in [-0.2, 0) is 16.6 Å². The highest BCUT2D eigenvalue weighted by molar-refractivity contribution is 6.17. The maximum Gasteiger partial charge on any atom is 0.329 e. The minimum absolute atomic E-state index is 0.104. The van der Waals surface area contributed by atoms with E-state index in [1.54, 1.807) is 25.2 Å². The van der Waals surface area contributed by atoms with Crippen molar-refractivity contribution < 1.29 is 19.8 Å². The normalized spacial score (nSPS) is 27.7. The molecule has 1 aliphatic heterocycles. The summed E-state index contributed by atoms with van der Waals surface area (Å²) in [5, 5.41) is 25.3. The van der Waals surface area contributed by atoms with Gasteiger partial charge in [-0.15, -0.1) is 0 Å². The molecule has 4 radical (unpaired) electrons. The van der Waals surface area contributed by atoms with Crippen molar-refractivity contribution in [3.8, 4) is 0 Å². The Kier molecular flexibility index (Phi) is 5.99. The molecule has 3 unspecified atom stereocenters. The van der Waals surface area contributed by atoms with Gasteiger partial charge in [-0.05, 0) is 42.9 Å². The van der Waals surface area contributed by atoms with Crippen LogP contribution >= 0.6 is 0 Å². The van der Waals surface area contributed by atoms with Crippen LogP contribution in [0.15, 0.2) is 23.0 Å². The predicted molar refractivity (Wildman–Crippen MR) is 112 cm³/mol. The van der Waals surface area contributed by atoms with Gasteiger partial charge in [0.2, 0.25) is 5.91 Å². The lowest BCUT2D eigenvalue weighted by Gasteiger charge is -2.45. The quantitative estimate of drug-likeness (QED) is 0.347. The van der Waals surface area contributed by atoms with E-state index in [2.05, 4.69) is 10.6 Å². The van der Waals surface area contributed by atoms with Crippen LogP contribution in [0.2, 0.25) is 0 Å². The van der Waals surface area contributed by atoms with Gasteiger partial charge in [0.25, 0.3) is 0 Å². The average molecular weight is 410 g/mol. The highest BCUT2D eigenvalue weighted by Gasteiger charge is 2.40. The number of aldehydes is 1. The van der Waals surface area contributed by atoms with E-state index in [-0.39, 0.29) is 37.5 Å². The van der Waals surface area contributed by atoms with Crippen LogP contribution in [0.1, 0.15) is 43.2 Å². The molecule has 156 valence electrons. The zero-order valence-corrected chi connectivity index (χ0v) is 17.0. The molecule has 1 aromatic heterocycles. The van der Waals surface area contributed by atoms with Crippen LogP contribution < -0.4 is 16.3 Å². The van der Waals surface area contributed by atoms with Crippen molar-refractivity contribution in [1.29, 1.82) is 0 Å². The summed E-state index contributed by atoms with van der Waals surface area (Å²) in [5.41, 5.74) is -2.26. The summed E-state index contributed by atoms with van der Waals surface area (Å²) in [4.78, 5) is 36.2. The summed E-state index contributed by atoms with van der Waals surface area (Å²) in [6, 6.07) is 4.39. The molecule has 1 amide bonds. The highest BCUT2D eigenvalue weighted by atomic mass is 16.3. The third-order valence-corrected chi connectivity index (χ3v) is 5.55. The van der Waals surface area contributed by atoms with E-state index >= 15 is 0 Å². The molecule has 1 saturated heterocycles. The molecule has 1 aromatic carbocycles. The number of imidazole rings is 1. The summed E-state index contributed by atoms with van der Waals surface area (Å²) in [7, 11) is 14.6. The number of amides is 1. The van der Waals surface area contributed by atoms with Gasteiger partial charge in [0.1, 0.15) is 28.0 Å². The van der Waals surface area contributed by atoms with Gasteiger partial charge in [-0.25, -0.2) is 4.79 Å². The van der Waals surface area contributed by atoms with E-state index in [1.807, 2.05) is 0 Å². The second-order valence-electron chi connectivity index (χ2n) is 7.91.